The molecule has 1 aromatic heterocycles. The zero-order valence-corrected chi connectivity index (χ0v) is 8.41. The van der Waals surface area contributed by atoms with Crippen molar-refractivity contribution >= 4 is 23.0 Å². The highest BCUT2D eigenvalue weighted by Gasteiger charge is 2.10. The molecule has 0 fully saturated rings. The summed E-state index contributed by atoms with van der Waals surface area (Å²) >= 11 is 0. The Kier molecular flexibility index (Phi) is 2.37. The van der Waals surface area contributed by atoms with E-state index in [1.165, 1.54) is 0 Å². The summed E-state index contributed by atoms with van der Waals surface area (Å²) in [7, 11) is 0. The number of aldehydes is 1. The van der Waals surface area contributed by atoms with Gasteiger partial charge in [-0.1, -0.05) is 19.1 Å². The lowest BCUT2D eigenvalue weighted by atomic mass is 10.0. The van der Waals surface area contributed by atoms with Crippen molar-refractivity contribution in [1.29, 1.82) is 0 Å². The number of rotatable bonds is 3. The van der Waals surface area contributed by atoms with Crippen molar-refractivity contribution in [3.05, 3.63) is 35.5 Å². The van der Waals surface area contributed by atoms with Crippen LogP contribution in [-0.4, -0.2) is 17.1 Å². The Morgan fingerprint density at radius 2 is 2.27 bits per heavy atom. The number of nitrogens with one attached hydrogen (secondary N) is 1. The van der Waals surface area contributed by atoms with Gasteiger partial charge in [0.2, 0.25) is 0 Å². The van der Waals surface area contributed by atoms with Crippen molar-refractivity contribution in [3.63, 3.8) is 0 Å². The molecular formula is C12H11NO2. The van der Waals surface area contributed by atoms with Gasteiger partial charge in [-0.15, -0.1) is 0 Å². The number of benzene rings is 1. The molecule has 2 rings (SSSR count). The number of para-hydroxylation sites is 1. The topological polar surface area (TPSA) is 49.9 Å². The SMILES string of the molecule is CCC(=O)c1cccc2c(C=O)c[nH]c12. The smallest absolute Gasteiger partial charge is 0.164 e. The van der Waals surface area contributed by atoms with Crippen LogP contribution in [-0.2, 0) is 0 Å². The summed E-state index contributed by atoms with van der Waals surface area (Å²) in [5.41, 5.74) is 2.00. The predicted molar refractivity (Wildman–Crippen MR) is 58.3 cm³/mol. The van der Waals surface area contributed by atoms with Crippen LogP contribution in [0.3, 0.4) is 0 Å². The molecule has 0 radical (unpaired) electrons. The summed E-state index contributed by atoms with van der Waals surface area (Å²) in [6.45, 7) is 1.82. The molecule has 0 atom stereocenters. The standard InChI is InChI=1S/C12H11NO2/c1-2-11(15)10-5-3-4-9-8(7-14)6-13-12(9)10/h3-7,13H,2H2,1H3. The fraction of sp³-hybridized carbons (Fsp3) is 0.167. The summed E-state index contributed by atoms with van der Waals surface area (Å²) in [6, 6.07) is 5.41. The fourth-order valence-electron chi connectivity index (χ4n) is 1.70. The highest BCUT2D eigenvalue weighted by Crippen LogP contribution is 2.21. The Bertz CT molecular complexity index is 525. The van der Waals surface area contributed by atoms with E-state index in [0.29, 0.717) is 17.5 Å². The van der Waals surface area contributed by atoms with E-state index in [0.717, 1.165) is 17.2 Å². The molecule has 3 heteroatoms. The highest BCUT2D eigenvalue weighted by molar-refractivity contribution is 6.10. The molecule has 0 saturated carbocycles. The van der Waals surface area contributed by atoms with Gasteiger partial charge in [0.25, 0.3) is 0 Å². The van der Waals surface area contributed by atoms with Crippen molar-refractivity contribution in [2.24, 2.45) is 0 Å². The first-order valence-corrected chi connectivity index (χ1v) is 4.86. The summed E-state index contributed by atoms with van der Waals surface area (Å²) in [5.74, 6) is 0.0832. The van der Waals surface area contributed by atoms with Crippen molar-refractivity contribution in [3.8, 4) is 0 Å². The molecule has 2 aromatic rings. The van der Waals surface area contributed by atoms with E-state index in [1.807, 2.05) is 13.0 Å². The van der Waals surface area contributed by atoms with Gasteiger partial charge in [-0.2, -0.15) is 0 Å². The number of carbonyl (C=O) groups is 2. The van der Waals surface area contributed by atoms with Crippen LogP contribution in [0, 0.1) is 0 Å². The Morgan fingerprint density at radius 1 is 1.47 bits per heavy atom. The number of carbonyl (C=O) groups excluding carboxylic acids is 2. The minimum Gasteiger partial charge on any atom is -0.360 e. The third-order valence-corrected chi connectivity index (χ3v) is 2.50. The molecule has 0 spiro atoms. The van der Waals surface area contributed by atoms with Crippen LogP contribution >= 0.6 is 0 Å². The molecule has 76 valence electrons. The van der Waals surface area contributed by atoms with Gasteiger partial charge in [-0.3, -0.25) is 9.59 Å². The lowest BCUT2D eigenvalue weighted by molar-refractivity contribution is 0.0989. The third-order valence-electron chi connectivity index (χ3n) is 2.50. The number of H-pyrrole nitrogens is 1. The molecule has 1 N–H and O–H groups in total. The Morgan fingerprint density at radius 3 is 2.93 bits per heavy atom. The largest absolute Gasteiger partial charge is 0.360 e. The minimum absolute atomic E-state index is 0.0832. The average molecular weight is 201 g/mol. The first-order chi connectivity index (χ1) is 7.27. The van der Waals surface area contributed by atoms with E-state index in [2.05, 4.69) is 4.98 Å². The zero-order chi connectivity index (χ0) is 10.8. The summed E-state index contributed by atoms with van der Waals surface area (Å²) in [5, 5.41) is 0.810. The first kappa shape index (κ1) is 9.65. The van der Waals surface area contributed by atoms with Gasteiger partial charge in [0.05, 0.1) is 5.52 Å². The van der Waals surface area contributed by atoms with Crippen molar-refractivity contribution in [2.75, 3.05) is 0 Å². The van der Waals surface area contributed by atoms with Gasteiger partial charge < -0.3 is 4.98 Å². The average Bonchev–Trinajstić information content (AvgIpc) is 2.70. The fourth-order valence-corrected chi connectivity index (χ4v) is 1.70. The number of hydrogen-bond donors (Lipinski definition) is 1. The molecule has 0 aliphatic heterocycles. The van der Waals surface area contributed by atoms with Gasteiger partial charge in [-0.05, 0) is 6.07 Å². The van der Waals surface area contributed by atoms with Crippen LogP contribution in [0.5, 0.6) is 0 Å². The third kappa shape index (κ3) is 1.46. The van der Waals surface area contributed by atoms with Crippen LogP contribution in [0.25, 0.3) is 10.9 Å². The maximum atomic E-state index is 11.6. The van der Waals surface area contributed by atoms with E-state index in [-0.39, 0.29) is 5.78 Å². The summed E-state index contributed by atoms with van der Waals surface area (Å²) in [6.07, 6.45) is 2.89. The van der Waals surface area contributed by atoms with Gasteiger partial charge in [0, 0.05) is 29.1 Å². The van der Waals surface area contributed by atoms with E-state index >= 15 is 0 Å². The Hall–Kier alpha value is -1.90. The monoisotopic (exact) mass is 201 g/mol. The summed E-state index contributed by atoms with van der Waals surface area (Å²) in [4.78, 5) is 25.3. The minimum atomic E-state index is 0.0832. The van der Waals surface area contributed by atoms with E-state index < -0.39 is 0 Å². The lowest BCUT2D eigenvalue weighted by Crippen LogP contribution is -1.97. The number of aromatic amines is 1. The van der Waals surface area contributed by atoms with Crippen LogP contribution in [0.2, 0.25) is 0 Å². The maximum Gasteiger partial charge on any atom is 0.164 e. The lowest BCUT2D eigenvalue weighted by Gasteiger charge is -1.99. The molecule has 15 heavy (non-hydrogen) atoms. The zero-order valence-electron chi connectivity index (χ0n) is 8.41. The second-order valence-electron chi connectivity index (χ2n) is 3.37. The molecule has 0 aliphatic rings. The quantitative estimate of drug-likeness (QED) is 0.612. The van der Waals surface area contributed by atoms with Crippen molar-refractivity contribution < 1.29 is 9.59 Å². The van der Waals surface area contributed by atoms with Crippen LogP contribution in [0.1, 0.15) is 34.1 Å². The van der Waals surface area contributed by atoms with E-state index in [9.17, 15) is 9.59 Å². The van der Waals surface area contributed by atoms with Crippen molar-refractivity contribution in [1.82, 2.24) is 4.98 Å². The molecule has 0 bridgehead atoms. The van der Waals surface area contributed by atoms with Gasteiger partial charge in [0.15, 0.2) is 12.1 Å². The predicted octanol–water partition coefficient (Wildman–Crippen LogP) is 2.57. The second-order valence-corrected chi connectivity index (χ2v) is 3.37. The van der Waals surface area contributed by atoms with Gasteiger partial charge >= 0.3 is 0 Å². The number of fused-ring (bicyclic) bond motifs is 1. The van der Waals surface area contributed by atoms with Crippen molar-refractivity contribution in [2.45, 2.75) is 13.3 Å². The van der Waals surface area contributed by atoms with Crippen LogP contribution in [0.15, 0.2) is 24.4 Å². The molecule has 0 amide bonds. The number of ketones is 1. The molecule has 3 nitrogen and oxygen atoms in total. The molecule has 0 saturated heterocycles. The van der Waals surface area contributed by atoms with E-state index in [1.54, 1.807) is 18.3 Å². The van der Waals surface area contributed by atoms with Crippen LogP contribution < -0.4 is 0 Å². The summed E-state index contributed by atoms with van der Waals surface area (Å²) < 4.78 is 0. The molecule has 0 aliphatic carbocycles. The first-order valence-electron chi connectivity index (χ1n) is 4.86. The Balaban J connectivity index is 2.72. The number of hydrogen-bond acceptors (Lipinski definition) is 2. The van der Waals surface area contributed by atoms with Crippen LogP contribution in [0.4, 0.5) is 0 Å². The number of Topliss-reactive ketones (excluding diaryl/α,β-unsaturated/α-hetero) is 1. The Labute approximate surface area is 87.1 Å². The molecule has 0 unspecified atom stereocenters. The van der Waals surface area contributed by atoms with Gasteiger partial charge in [0.1, 0.15) is 0 Å². The highest BCUT2D eigenvalue weighted by atomic mass is 16.1. The molecule has 1 aromatic carbocycles. The maximum absolute atomic E-state index is 11.6. The molecular weight excluding hydrogens is 190 g/mol. The van der Waals surface area contributed by atoms with E-state index in [4.69, 9.17) is 0 Å². The van der Waals surface area contributed by atoms with Gasteiger partial charge in [-0.25, -0.2) is 0 Å². The molecule has 1 heterocycles. The second kappa shape index (κ2) is 3.69. The normalized spacial score (nSPS) is 10.5. The number of aromatic nitrogens is 1.